The average molecular weight is 251 g/mol. The zero-order valence-electron chi connectivity index (χ0n) is 11.7. The smallest absolute Gasteiger partial charge is 0.0357 e. The Balaban J connectivity index is 2.78. The minimum atomic E-state index is 0.601. The molecule has 19 heavy (non-hydrogen) atoms. The maximum atomic E-state index is 7.69. The molecule has 0 spiro atoms. The monoisotopic (exact) mass is 251 g/mol. The molecule has 0 saturated heterocycles. The van der Waals surface area contributed by atoms with Gasteiger partial charge in [0.05, 0.1) is 0 Å². The lowest BCUT2D eigenvalue weighted by molar-refractivity contribution is 1.32. The molecule has 1 aliphatic rings. The molecular weight excluding hydrogens is 230 g/mol. The van der Waals surface area contributed by atoms with E-state index in [0.29, 0.717) is 12.1 Å². The van der Waals surface area contributed by atoms with Crippen molar-refractivity contribution in [3.8, 4) is 0 Å². The minimum Gasteiger partial charge on any atom is -0.305 e. The van der Waals surface area contributed by atoms with Crippen LogP contribution in [0.25, 0.3) is 0 Å². The number of rotatable bonds is 4. The summed E-state index contributed by atoms with van der Waals surface area (Å²) in [5.41, 5.74) is 4.88. The normalized spacial score (nSPS) is 17.2. The standard InChI is InChI=1S/C18H21N/c1-14(2)8-6-5-7-9-16(4)17-10-11-18(19)13-15(3)12-17/h5-12,19H,1,3,13H2,2,4H3/b7-5+,8-6+,16-9+,19-18?. The third kappa shape index (κ3) is 5.82. The number of nitrogens with one attached hydrogen (secondary N) is 1. The second kappa shape index (κ2) is 7.32. The summed E-state index contributed by atoms with van der Waals surface area (Å²) < 4.78 is 0. The highest BCUT2D eigenvalue weighted by molar-refractivity contribution is 5.95. The number of hydrogen-bond acceptors (Lipinski definition) is 1. The maximum absolute atomic E-state index is 7.69. The molecule has 1 nitrogen and oxygen atoms in total. The van der Waals surface area contributed by atoms with Crippen molar-refractivity contribution in [2.45, 2.75) is 20.3 Å². The SMILES string of the molecule is C=C(C)/C=C/C=C/C=C(\C)C1=CC(=C)CC(=N)C=C1. The second-order valence-corrected chi connectivity index (χ2v) is 4.73. The van der Waals surface area contributed by atoms with Gasteiger partial charge in [-0.15, -0.1) is 0 Å². The molecular formula is C18H21N. The molecule has 0 atom stereocenters. The molecule has 1 aliphatic carbocycles. The minimum absolute atomic E-state index is 0.601. The molecule has 0 saturated carbocycles. The van der Waals surface area contributed by atoms with Crippen molar-refractivity contribution in [3.05, 3.63) is 84.1 Å². The largest absolute Gasteiger partial charge is 0.305 e. The molecule has 1 N–H and O–H groups in total. The Morgan fingerprint density at radius 3 is 2.63 bits per heavy atom. The van der Waals surface area contributed by atoms with Gasteiger partial charge in [-0.1, -0.05) is 61.3 Å². The van der Waals surface area contributed by atoms with Gasteiger partial charge in [-0.2, -0.15) is 0 Å². The molecule has 98 valence electrons. The lowest BCUT2D eigenvalue weighted by atomic mass is 10.0. The van der Waals surface area contributed by atoms with Crippen molar-refractivity contribution >= 4 is 5.71 Å². The van der Waals surface area contributed by atoms with E-state index < -0.39 is 0 Å². The van der Waals surface area contributed by atoms with Gasteiger partial charge in [0.2, 0.25) is 0 Å². The Kier molecular flexibility index (Phi) is 5.74. The molecule has 1 rings (SSSR count). The van der Waals surface area contributed by atoms with Crippen LogP contribution in [0.3, 0.4) is 0 Å². The van der Waals surface area contributed by atoms with Crippen LogP contribution in [-0.2, 0) is 0 Å². The highest BCUT2D eigenvalue weighted by Crippen LogP contribution is 2.18. The van der Waals surface area contributed by atoms with Crippen molar-refractivity contribution in [3.63, 3.8) is 0 Å². The Morgan fingerprint density at radius 1 is 1.21 bits per heavy atom. The van der Waals surface area contributed by atoms with Gasteiger partial charge >= 0.3 is 0 Å². The van der Waals surface area contributed by atoms with Gasteiger partial charge in [-0.25, -0.2) is 0 Å². The summed E-state index contributed by atoms with van der Waals surface area (Å²) in [6.45, 7) is 11.8. The summed E-state index contributed by atoms with van der Waals surface area (Å²) in [7, 11) is 0. The summed E-state index contributed by atoms with van der Waals surface area (Å²) in [5.74, 6) is 0. The molecule has 0 radical (unpaired) electrons. The van der Waals surface area contributed by atoms with Gasteiger partial charge < -0.3 is 5.41 Å². The van der Waals surface area contributed by atoms with E-state index in [1.807, 2.05) is 49.5 Å². The molecule has 0 aromatic heterocycles. The van der Waals surface area contributed by atoms with E-state index in [0.717, 1.165) is 22.3 Å². The van der Waals surface area contributed by atoms with Crippen LogP contribution < -0.4 is 0 Å². The van der Waals surface area contributed by atoms with Crippen LogP contribution in [0.4, 0.5) is 0 Å². The first kappa shape index (κ1) is 14.9. The first-order valence-electron chi connectivity index (χ1n) is 6.31. The lowest BCUT2D eigenvalue weighted by Crippen LogP contribution is -1.88. The fourth-order valence-corrected chi connectivity index (χ4v) is 1.64. The van der Waals surface area contributed by atoms with E-state index in [2.05, 4.69) is 26.2 Å². The van der Waals surface area contributed by atoms with Gasteiger partial charge in [0.15, 0.2) is 0 Å². The highest BCUT2D eigenvalue weighted by atomic mass is 14.4. The predicted molar refractivity (Wildman–Crippen MR) is 85.6 cm³/mol. The Hall–Kier alpha value is -2.15. The van der Waals surface area contributed by atoms with Crippen LogP contribution in [0.2, 0.25) is 0 Å². The maximum Gasteiger partial charge on any atom is 0.0357 e. The molecule has 1 heteroatoms. The lowest BCUT2D eigenvalue weighted by Gasteiger charge is -2.00. The zero-order chi connectivity index (χ0) is 14.3. The van der Waals surface area contributed by atoms with Gasteiger partial charge in [0, 0.05) is 12.1 Å². The van der Waals surface area contributed by atoms with Gasteiger partial charge in [-0.05, 0) is 36.6 Å². The Morgan fingerprint density at radius 2 is 1.95 bits per heavy atom. The molecule has 0 heterocycles. The van der Waals surface area contributed by atoms with E-state index in [-0.39, 0.29) is 0 Å². The number of hydrogen-bond donors (Lipinski definition) is 1. The quantitative estimate of drug-likeness (QED) is 0.673. The summed E-state index contributed by atoms with van der Waals surface area (Å²) in [6.07, 6.45) is 16.5. The molecule has 0 aromatic rings. The molecule has 0 aliphatic heterocycles. The zero-order valence-corrected chi connectivity index (χ0v) is 11.7. The van der Waals surface area contributed by atoms with Gasteiger partial charge in [-0.3, -0.25) is 0 Å². The summed E-state index contributed by atoms with van der Waals surface area (Å²) in [4.78, 5) is 0. The van der Waals surface area contributed by atoms with Crippen molar-refractivity contribution in [2.24, 2.45) is 0 Å². The first-order valence-corrected chi connectivity index (χ1v) is 6.31. The number of allylic oxidation sites excluding steroid dienone is 12. The van der Waals surface area contributed by atoms with E-state index in [4.69, 9.17) is 5.41 Å². The van der Waals surface area contributed by atoms with Crippen LogP contribution >= 0.6 is 0 Å². The second-order valence-electron chi connectivity index (χ2n) is 4.73. The fraction of sp³-hybridized carbons (Fsp3) is 0.167. The van der Waals surface area contributed by atoms with Gasteiger partial charge in [0.1, 0.15) is 0 Å². The van der Waals surface area contributed by atoms with E-state index in [9.17, 15) is 0 Å². The molecule has 0 fully saturated rings. The van der Waals surface area contributed by atoms with Crippen molar-refractivity contribution in [2.75, 3.05) is 0 Å². The summed E-state index contributed by atoms with van der Waals surface area (Å²) in [5, 5.41) is 7.69. The van der Waals surface area contributed by atoms with Crippen LogP contribution in [0.1, 0.15) is 20.3 Å². The van der Waals surface area contributed by atoms with E-state index in [1.54, 1.807) is 0 Å². The third-order valence-electron chi connectivity index (χ3n) is 2.65. The molecule has 0 amide bonds. The first-order chi connectivity index (χ1) is 8.99. The summed E-state index contributed by atoms with van der Waals surface area (Å²) >= 11 is 0. The molecule has 0 unspecified atom stereocenters. The Labute approximate surface area is 116 Å². The van der Waals surface area contributed by atoms with E-state index in [1.165, 1.54) is 0 Å². The predicted octanol–water partition coefficient (Wildman–Crippen LogP) is 5.08. The van der Waals surface area contributed by atoms with Crippen LogP contribution in [0, 0.1) is 5.41 Å². The average Bonchev–Trinajstić information content (AvgIpc) is 2.49. The van der Waals surface area contributed by atoms with Crippen LogP contribution in [0.15, 0.2) is 84.1 Å². The topological polar surface area (TPSA) is 23.9 Å². The molecule has 0 bridgehead atoms. The van der Waals surface area contributed by atoms with Crippen molar-refractivity contribution < 1.29 is 0 Å². The van der Waals surface area contributed by atoms with Crippen molar-refractivity contribution in [1.82, 2.24) is 0 Å². The van der Waals surface area contributed by atoms with Crippen LogP contribution in [0.5, 0.6) is 0 Å². The highest BCUT2D eigenvalue weighted by Gasteiger charge is 2.03. The molecule has 0 aromatic carbocycles. The summed E-state index contributed by atoms with van der Waals surface area (Å²) in [6, 6.07) is 0. The van der Waals surface area contributed by atoms with Crippen LogP contribution in [-0.4, -0.2) is 5.71 Å². The fourth-order valence-electron chi connectivity index (χ4n) is 1.64. The van der Waals surface area contributed by atoms with Crippen molar-refractivity contribution in [1.29, 1.82) is 5.41 Å². The third-order valence-corrected chi connectivity index (χ3v) is 2.65. The van der Waals surface area contributed by atoms with E-state index >= 15 is 0 Å². The Bertz CT molecular complexity index is 534. The van der Waals surface area contributed by atoms with Gasteiger partial charge in [0.25, 0.3) is 0 Å².